The van der Waals surface area contributed by atoms with Crippen molar-refractivity contribution in [2.75, 3.05) is 0 Å². The minimum atomic E-state index is -4.13. The van der Waals surface area contributed by atoms with Crippen LogP contribution >= 0.6 is 0 Å². The highest BCUT2D eigenvalue weighted by Gasteiger charge is 2.29. The van der Waals surface area contributed by atoms with Gasteiger partial charge in [0, 0.05) is 17.8 Å². The molecule has 7 heteroatoms. The second-order valence-corrected chi connectivity index (χ2v) is 9.63. The molecule has 0 aliphatic carbocycles. The average molecular weight is 414 g/mol. The molecule has 6 nitrogen and oxygen atoms in total. The van der Waals surface area contributed by atoms with Crippen molar-refractivity contribution in [3.63, 3.8) is 0 Å². The van der Waals surface area contributed by atoms with Gasteiger partial charge in [-0.05, 0) is 40.5 Å². The van der Waals surface area contributed by atoms with Crippen molar-refractivity contribution >= 4 is 20.9 Å². The first-order chi connectivity index (χ1) is 13.6. The van der Waals surface area contributed by atoms with Gasteiger partial charge in [0.2, 0.25) is 0 Å². The molecule has 0 aliphatic rings. The van der Waals surface area contributed by atoms with E-state index in [1.807, 2.05) is 39.8 Å². The summed E-state index contributed by atoms with van der Waals surface area (Å²) in [6.07, 6.45) is 4.69. The summed E-state index contributed by atoms with van der Waals surface area (Å²) in [5.74, 6) is 0.255. The van der Waals surface area contributed by atoms with Crippen molar-refractivity contribution in [1.82, 2.24) is 15.2 Å². The molecule has 0 fully saturated rings. The Morgan fingerprint density at radius 1 is 0.897 bits per heavy atom. The molecule has 0 radical (unpaired) electrons. The van der Waals surface area contributed by atoms with Crippen molar-refractivity contribution in [2.45, 2.75) is 64.2 Å². The van der Waals surface area contributed by atoms with Gasteiger partial charge in [-0.3, -0.25) is 4.98 Å². The minimum absolute atomic E-state index is 0.0137. The lowest BCUT2D eigenvalue weighted by atomic mass is 9.89. The smallest absolute Gasteiger partial charge is 0.341 e. The fraction of sp³-hybridized carbons (Fsp3) is 0.409. The molecule has 0 unspecified atom stereocenters. The first-order valence-electron chi connectivity index (χ1n) is 9.79. The number of fused-ring (bicyclic) bond motifs is 1. The Hall–Kier alpha value is -2.54. The number of benzene rings is 1. The minimum Gasteiger partial charge on any atom is -0.356 e. The molecular weight excluding hydrogens is 386 g/mol. The van der Waals surface area contributed by atoms with Gasteiger partial charge in [-0.25, -0.2) is 0 Å². The fourth-order valence-corrected chi connectivity index (χ4v) is 4.86. The summed E-state index contributed by atoms with van der Waals surface area (Å²) < 4.78 is 32.5. The van der Waals surface area contributed by atoms with Crippen LogP contribution in [-0.4, -0.2) is 23.6 Å². The molecule has 1 aromatic carbocycles. The topological polar surface area (TPSA) is 82.0 Å². The predicted molar refractivity (Wildman–Crippen MR) is 114 cm³/mol. The van der Waals surface area contributed by atoms with E-state index < -0.39 is 10.1 Å². The third kappa shape index (κ3) is 4.24. The van der Waals surface area contributed by atoms with Crippen LogP contribution in [0.2, 0.25) is 0 Å². The van der Waals surface area contributed by atoms with E-state index in [9.17, 15) is 8.42 Å². The maximum Gasteiger partial charge on any atom is 0.341 e. The van der Waals surface area contributed by atoms with Crippen LogP contribution in [0.25, 0.3) is 10.8 Å². The Morgan fingerprint density at radius 3 is 2.07 bits per heavy atom. The Labute approximate surface area is 172 Å². The largest absolute Gasteiger partial charge is 0.356 e. The van der Waals surface area contributed by atoms with Gasteiger partial charge in [0.25, 0.3) is 5.88 Å². The van der Waals surface area contributed by atoms with Crippen LogP contribution in [0.4, 0.5) is 0 Å². The lowest BCUT2D eigenvalue weighted by molar-refractivity contribution is 0.471. The maximum absolute atomic E-state index is 13.5. The van der Waals surface area contributed by atoms with Crippen LogP contribution in [0.15, 0.2) is 41.7 Å². The zero-order valence-corrected chi connectivity index (χ0v) is 18.5. The van der Waals surface area contributed by atoms with Crippen LogP contribution in [-0.2, 0) is 10.1 Å². The van der Waals surface area contributed by atoms with E-state index in [0.29, 0.717) is 10.8 Å². The summed E-state index contributed by atoms with van der Waals surface area (Å²) in [6.45, 7) is 12.2. The summed E-state index contributed by atoms with van der Waals surface area (Å²) in [5.41, 5.74) is 2.63. The number of rotatable bonds is 6. The number of hydrogen-bond donors (Lipinski definition) is 0. The molecule has 0 saturated heterocycles. The van der Waals surface area contributed by atoms with Gasteiger partial charge in [-0.15, -0.1) is 5.10 Å². The van der Waals surface area contributed by atoms with Crippen molar-refractivity contribution in [1.29, 1.82) is 0 Å². The van der Waals surface area contributed by atoms with Crippen molar-refractivity contribution in [3.05, 3.63) is 53.5 Å². The van der Waals surface area contributed by atoms with E-state index in [2.05, 4.69) is 29.0 Å². The molecule has 0 aliphatic heterocycles. The summed E-state index contributed by atoms with van der Waals surface area (Å²) in [5, 5.41) is 9.01. The molecule has 154 valence electrons. The van der Waals surface area contributed by atoms with Gasteiger partial charge in [0.05, 0.1) is 11.6 Å². The zero-order valence-electron chi connectivity index (χ0n) is 17.7. The Morgan fingerprint density at radius 2 is 1.52 bits per heavy atom. The first-order valence-corrected chi connectivity index (χ1v) is 11.2. The second-order valence-electron chi connectivity index (χ2n) is 8.14. The van der Waals surface area contributed by atoms with Crippen LogP contribution in [0.1, 0.15) is 76.0 Å². The predicted octanol–water partition coefficient (Wildman–Crippen LogP) is 5.16. The standard InChI is InChI=1S/C22H27N3O3S/c1-13(2)17-9-18(14(3)4)21(19(10-17)15(5)6)29(26,27)28-22-20-12-23-8-7-16(20)11-24-25-22/h7-15H,1-6H3. The summed E-state index contributed by atoms with van der Waals surface area (Å²) >= 11 is 0. The highest BCUT2D eigenvalue weighted by atomic mass is 32.2. The number of pyridine rings is 1. The van der Waals surface area contributed by atoms with Gasteiger partial charge < -0.3 is 4.18 Å². The molecule has 2 aromatic heterocycles. The summed E-state index contributed by atoms with van der Waals surface area (Å²) in [7, 11) is -4.13. The van der Waals surface area contributed by atoms with Gasteiger partial charge in [0.1, 0.15) is 4.90 Å². The molecule has 0 saturated carbocycles. The van der Waals surface area contributed by atoms with Gasteiger partial charge in [-0.1, -0.05) is 53.7 Å². The quantitative estimate of drug-likeness (QED) is 0.519. The van der Waals surface area contributed by atoms with E-state index in [1.54, 1.807) is 18.5 Å². The average Bonchev–Trinajstić information content (AvgIpc) is 2.66. The highest BCUT2D eigenvalue weighted by molar-refractivity contribution is 7.87. The number of aromatic nitrogens is 3. The van der Waals surface area contributed by atoms with E-state index in [4.69, 9.17) is 4.18 Å². The second kappa shape index (κ2) is 8.06. The van der Waals surface area contributed by atoms with Crippen LogP contribution in [0, 0.1) is 0 Å². The Kier molecular flexibility index (Phi) is 5.89. The van der Waals surface area contributed by atoms with E-state index in [1.165, 1.54) is 6.20 Å². The molecule has 0 spiro atoms. The first kappa shape index (κ1) is 21.2. The van der Waals surface area contributed by atoms with Crippen LogP contribution in [0.5, 0.6) is 5.88 Å². The molecule has 0 N–H and O–H groups in total. The fourth-order valence-electron chi connectivity index (χ4n) is 3.28. The SMILES string of the molecule is CC(C)c1cc(C(C)C)c(S(=O)(=O)Oc2nncc3ccncc23)c(C(C)C)c1. The van der Waals surface area contributed by atoms with Gasteiger partial charge in [0.15, 0.2) is 0 Å². The molecule has 0 bridgehead atoms. The molecule has 2 heterocycles. The van der Waals surface area contributed by atoms with Crippen LogP contribution in [0.3, 0.4) is 0 Å². The molecule has 0 atom stereocenters. The Bertz CT molecular complexity index is 1100. The monoisotopic (exact) mass is 413 g/mol. The molecule has 3 aromatic rings. The third-order valence-corrected chi connectivity index (χ3v) is 6.30. The maximum atomic E-state index is 13.5. The van der Waals surface area contributed by atoms with E-state index >= 15 is 0 Å². The number of hydrogen-bond acceptors (Lipinski definition) is 6. The number of nitrogens with zero attached hydrogens (tertiary/aromatic N) is 3. The van der Waals surface area contributed by atoms with E-state index in [0.717, 1.165) is 16.7 Å². The lowest BCUT2D eigenvalue weighted by Crippen LogP contribution is -2.18. The van der Waals surface area contributed by atoms with Gasteiger partial charge in [-0.2, -0.15) is 13.5 Å². The zero-order chi connectivity index (χ0) is 21.3. The lowest BCUT2D eigenvalue weighted by Gasteiger charge is -2.22. The highest BCUT2D eigenvalue weighted by Crippen LogP contribution is 2.36. The van der Waals surface area contributed by atoms with Crippen molar-refractivity contribution < 1.29 is 12.6 Å². The summed E-state index contributed by atoms with van der Waals surface area (Å²) in [4.78, 5) is 4.29. The van der Waals surface area contributed by atoms with E-state index in [-0.39, 0.29) is 28.5 Å². The summed E-state index contributed by atoms with van der Waals surface area (Å²) in [6, 6.07) is 5.70. The molecule has 0 amide bonds. The third-order valence-electron chi connectivity index (χ3n) is 4.95. The molecule has 3 rings (SSSR count). The van der Waals surface area contributed by atoms with Crippen molar-refractivity contribution in [3.8, 4) is 5.88 Å². The van der Waals surface area contributed by atoms with Crippen molar-refractivity contribution in [2.24, 2.45) is 0 Å². The molecular formula is C22H27N3O3S. The van der Waals surface area contributed by atoms with Gasteiger partial charge >= 0.3 is 10.1 Å². The van der Waals surface area contributed by atoms with Crippen LogP contribution < -0.4 is 4.18 Å². The molecule has 29 heavy (non-hydrogen) atoms. The normalized spacial score (nSPS) is 12.3. The Balaban J connectivity index is 2.22.